The van der Waals surface area contributed by atoms with Gasteiger partial charge in [0.25, 0.3) is 0 Å². The Morgan fingerprint density at radius 3 is 2.65 bits per heavy atom. The topological polar surface area (TPSA) is 43.8 Å². The summed E-state index contributed by atoms with van der Waals surface area (Å²) >= 11 is 0. The number of carboxylic acid groups (broad SMARTS) is 1. The van der Waals surface area contributed by atoms with E-state index in [1.54, 1.807) is 0 Å². The van der Waals surface area contributed by atoms with E-state index in [1.165, 1.54) is 10.5 Å². The minimum Gasteiger partial charge on any atom is -0.465 e. The predicted molar refractivity (Wildman–Crippen MR) is 65.9 cm³/mol. The van der Waals surface area contributed by atoms with Crippen molar-refractivity contribution in [3.8, 4) is 0 Å². The van der Waals surface area contributed by atoms with E-state index in [0.717, 1.165) is 19.6 Å². The van der Waals surface area contributed by atoms with Gasteiger partial charge in [0, 0.05) is 32.2 Å². The fourth-order valence-corrected chi connectivity index (χ4v) is 2.30. The van der Waals surface area contributed by atoms with Gasteiger partial charge in [-0.1, -0.05) is 30.3 Å². The van der Waals surface area contributed by atoms with Crippen molar-refractivity contribution in [2.45, 2.75) is 19.5 Å². The molecular formula is C13H18N2O2. The van der Waals surface area contributed by atoms with Crippen LogP contribution in [0.25, 0.3) is 0 Å². The third-order valence-electron chi connectivity index (χ3n) is 3.21. The Kier molecular flexibility index (Phi) is 3.64. The number of benzene rings is 1. The summed E-state index contributed by atoms with van der Waals surface area (Å²) in [4.78, 5) is 14.8. The van der Waals surface area contributed by atoms with Gasteiger partial charge in [0.15, 0.2) is 0 Å². The standard InChI is InChI=1S/C13H18N2O2/c1-11-9-14(7-8-15(11)13(16)17)10-12-5-3-2-4-6-12/h2-6,11H,7-10H2,1H3,(H,16,17). The minimum absolute atomic E-state index is 0.0740. The van der Waals surface area contributed by atoms with Gasteiger partial charge in [0.05, 0.1) is 0 Å². The van der Waals surface area contributed by atoms with Crippen LogP contribution >= 0.6 is 0 Å². The van der Waals surface area contributed by atoms with Crippen LogP contribution < -0.4 is 0 Å². The first kappa shape index (κ1) is 11.9. The fraction of sp³-hybridized carbons (Fsp3) is 0.462. The molecule has 1 saturated heterocycles. The summed E-state index contributed by atoms with van der Waals surface area (Å²) in [5.74, 6) is 0. The number of hydrogen-bond acceptors (Lipinski definition) is 2. The highest BCUT2D eigenvalue weighted by atomic mass is 16.4. The molecule has 1 amide bonds. The first-order valence-corrected chi connectivity index (χ1v) is 5.92. The SMILES string of the molecule is CC1CN(Cc2ccccc2)CCN1C(=O)O. The van der Waals surface area contributed by atoms with E-state index in [-0.39, 0.29) is 6.04 Å². The van der Waals surface area contributed by atoms with E-state index in [1.807, 2.05) is 25.1 Å². The molecule has 92 valence electrons. The van der Waals surface area contributed by atoms with Crippen LogP contribution in [-0.4, -0.2) is 46.7 Å². The quantitative estimate of drug-likeness (QED) is 0.849. The van der Waals surface area contributed by atoms with E-state index in [0.29, 0.717) is 6.54 Å². The van der Waals surface area contributed by atoms with Gasteiger partial charge in [0.1, 0.15) is 0 Å². The third-order valence-corrected chi connectivity index (χ3v) is 3.21. The summed E-state index contributed by atoms with van der Waals surface area (Å²) in [5, 5.41) is 8.99. The van der Waals surface area contributed by atoms with Gasteiger partial charge in [-0.3, -0.25) is 4.90 Å². The van der Waals surface area contributed by atoms with Crippen LogP contribution in [0.15, 0.2) is 30.3 Å². The predicted octanol–water partition coefficient (Wildman–Crippen LogP) is 1.87. The molecule has 0 aliphatic carbocycles. The van der Waals surface area contributed by atoms with Crippen molar-refractivity contribution in [2.24, 2.45) is 0 Å². The van der Waals surface area contributed by atoms with Crippen LogP contribution in [0.5, 0.6) is 0 Å². The number of carbonyl (C=O) groups is 1. The molecular weight excluding hydrogens is 216 g/mol. The van der Waals surface area contributed by atoms with Gasteiger partial charge in [-0.25, -0.2) is 4.79 Å². The second-order valence-electron chi connectivity index (χ2n) is 4.55. The second-order valence-corrected chi connectivity index (χ2v) is 4.55. The molecule has 1 aromatic rings. The Hall–Kier alpha value is -1.55. The van der Waals surface area contributed by atoms with Gasteiger partial charge >= 0.3 is 6.09 Å². The molecule has 4 nitrogen and oxygen atoms in total. The van der Waals surface area contributed by atoms with E-state index in [4.69, 9.17) is 5.11 Å². The highest BCUT2D eigenvalue weighted by Crippen LogP contribution is 2.12. The van der Waals surface area contributed by atoms with Crippen LogP contribution in [0.1, 0.15) is 12.5 Å². The molecule has 4 heteroatoms. The molecule has 0 bridgehead atoms. The Morgan fingerprint density at radius 2 is 2.06 bits per heavy atom. The normalized spacial score (nSPS) is 21.5. The van der Waals surface area contributed by atoms with Crippen molar-refractivity contribution < 1.29 is 9.90 Å². The number of amides is 1. The molecule has 1 aromatic carbocycles. The van der Waals surface area contributed by atoms with Crippen LogP contribution in [0.3, 0.4) is 0 Å². The summed E-state index contributed by atoms with van der Waals surface area (Å²) in [6.07, 6.45) is -0.808. The van der Waals surface area contributed by atoms with Gasteiger partial charge in [0.2, 0.25) is 0 Å². The Labute approximate surface area is 101 Å². The Morgan fingerprint density at radius 1 is 1.35 bits per heavy atom. The maximum Gasteiger partial charge on any atom is 0.407 e. The average Bonchev–Trinajstić information content (AvgIpc) is 2.30. The number of piperazine rings is 1. The van der Waals surface area contributed by atoms with Gasteiger partial charge < -0.3 is 10.0 Å². The van der Waals surface area contributed by atoms with Crippen molar-refractivity contribution in [1.29, 1.82) is 0 Å². The van der Waals surface area contributed by atoms with Crippen molar-refractivity contribution >= 4 is 6.09 Å². The van der Waals surface area contributed by atoms with Crippen molar-refractivity contribution in [3.05, 3.63) is 35.9 Å². The minimum atomic E-state index is -0.808. The molecule has 0 aromatic heterocycles. The Balaban J connectivity index is 1.92. The lowest BCUT2D eigenvalue weighted by Gasteiger charge is -2.38. The third kappa shape index (κ3) is 2.97. The van der Waals surface area contributed by atoms with Crippen LogP contribution in [0, 0.1) is 0 Å². The van der Waals surface area contributed by atoms with Crippen LogP contribution in [0.2, 0.25) is 0 Å². The molecule has 0 saturated carbocycles. The molecule has 0 radical (unpaired) electrons. The molecule has 0 spiro atoms. The zero-order chi connectivity index (χ0) is 12.3. The molecule has 1 fully saturated rings. The first-order chi connectivity index (χ1) is 8.16. The second kappa shape index (κ2) is 5.19. The molecule has 1 heterocycles. The Bertz CT molecular complexity index is 380. The van der Waals surface area contributed by atoms with E-state index < -0.39 is 6.09 Å². The maximum absolute atomic E-state index is 10.9. The van der Waals surface area contributed by atoms with Gasteiger partial charge in [-0.15, -0.1) is 0 Å². The monoisotopic (exact) mass is 234 g/mol. The first-order valence-electron chi connectivity index (χ1n) is 5.92. The van der Waals surface area contributed by atoms with Crippen LogP contribution in [0.4, 0.5) is 4.79 Å². The largest absolute Gasteiger partial charge is 0.465 e. The zero-order valence-electron chi connectivity index (χ0n) is 10.0. The molecule has 1 N–H and O–H groups in total. The van der Waals surface area contributed by atoms with Crippen LogP contribution in [-0.2, 0) is 6.54 Å². The van der Waals surface area contributed by atoms with E-state index in [9.17, 15) is 4.79 Å². The highest BCUT2D eigenvalue weighted by Gasteiger charge is 2.26. The molecule has 2 rings (SSSR count). The summed E-state index contributed by atoms with van der Waals surface area (Å²) in [7, 11) is 0. The summed E-state index contributed by atoms with van der Waals surface area (Å²) in [6.45, 7) is 5.08. The molecule has 17 heavy (non-hydrogen) atoms. The fourth-order valence-electron chi connectivity index (χ4n) is 2.30. The summed E-state index contributed by atoms with van der Waals surface area (Å²) in [5.41, 5.74) is 1.28. The lowest BCUT2D eigenvalue weighted by atomic mass is 10.1. The highest BCUT2D eigenvalue weighted by molar-refractivity contribution is 5.65. The van der Waals surface area contributed by atoms with Gasteiger partial charge in [-0.2, -0.15) is 0 Å². The number of hydrogen-bond donors (Lipinski definition) is 1. The number of nitrogens with zero attached hydrogens (tertiary/aromatic N) is 2. The zero-order valence-corrected chi connectivity index (χ0v) is 10.0. The smallest absolute Gasteiger partial charge is 0.407 e. The average molecular weight is 234 g/mol. The number of rotatable bonds is 2. The maximum atomic E-state index is 10.9. The molecule has 1 aliphatic rings. The van der Waals surface area contributed by atoms with Crippen molar-refractivity contribution in [3.63, 3.8) is 0 Å². The lowest BCUT2D eigenvalue weighted by Crippen LogP contribution is -2.53. The molecule has 1 aliphatic heterocycles. The summed E-state index contributed by atoms with van der Waals surface area (Å²) in [6, 6.07) is 10.4. The summed E-state index contributed by atoms with van der Waals surface area (Å²) < 4.78 is 0. The van der Waals surface area contributed by atoms with E-state index in [2.05, 4.69) is 17.0 Å². The lowest BCUT2D eigenvalue weighted by molar-refractivity contribution is 0.0711. The van der Waals surface area contributed by atoms with Crippen molar-refractivity contribution in [1.82, 2.24) is 9.80 Å². The molecule has 1 unspecified atom stereocenters. The van der Waals surface area contributed by atoms with Crippen molar-refractivity contribution in [2.75, 3.05) is 19.6 Å². The van der Waals surface area contributed by atoms with E-state index >= 15 is 0 Å². The molecule has 1 atom stereocenters. The van der Waals surface area contributed by atoms with Gasteiger partial charge in [-0.05, 0) is 12.5 Å².